The molecule has 0 radical (unpaired) electrons. The molecule has 4 rings (SSSR count). The Morgan fingerprint density at radius 3 is 2.68 bits per heavy atom. The van der Waals surface area contributed by atoms with Gasteiger partial charge < -0.3 is 14.8 Å². The molecule has 6 heteroatoms. The van der Waals surface area contributed by atoms with E-state index in [0.29, 0.717) is 11.5 Å². The molecular weight excluding hydrogens is 374 g/mol. The molecule has 28 heavy (non-hydrogen) atoms. The third-order valence-electron chi connectivity index (χ3n) is 5.25. The molecular formula is C22H24ClN3O2. The molecule has 3 aromatic rings. The normalized spacial score (nSPS) is 13.4. The maximum Gasteiger partial charge on any atom is 0.170 e. The van der Waals surface area contributed by atoms with Gasteiger partial charge in [0.25, 0.3) is 0 Å². The number of para-hydroxylation sites is 1. The molecule has 1 aliphatic rings. The molecule has 0 atom stereocenters. The topological polar surface area (TPSA) is 48.3 Å². The third-order valence-corrected chi connectivity index (χ3v) is 5.66. The Bertz CT molecular complexity index is 1010. The highest BCUT2D eigenvalue weighted by Crippen LogP contribution is 2.42. The van der Waals surface area contributed by atoms with E-state index in [2.05, 4.69) is 5.32 Å². The molecule has 1 aliphatic heterocycles. The van der Waals surface area contributed by atoms with Crippen molar-refractivity contribution in [3.05, 3.63) is 52.5 Å². The number of rotatable bonds is 4. The molecule has 0 unspecified atom stereocenters. The Balaban J connectivity index is 1.98. The summed E-state index contributed by atoms with van der Waals surface area (Å²) in [5.74, 6) is 2.43. The fourth-order valence-electron chi connectivity index (χ4n) is 3.79. The van der Waals surface area contributed by atoms with Gasteiger partial charge in [-0.1, -0.05) is 23.7 Å². The largest absolute Gasteiger partial charge is 0.493 e. The summed E-state index contributed by atoms with van der Waals surface area (Å²) in [6.07, 6.45) is 3.19. The first-order valence-corrected chi connectivity index (χ1v) is 9.86. The van der Waals surface area contributed by atoms with E-state index in [1.165, 1.54) is 5.56 Å². The van der Waals surface area contributed by atoms with Crippen molar-refractivity contribution in [2.45, 2.75) is 26.2 Å². The van der Waals surface area contributed by atoms with Crippen LogP contribution in [-0.2, 0) is 6.42 Å². The number of aromatic nitrogens is 2. The van der Waals surface area contributed by atoms with Crippen LogP contribution in [0.3, 0.4) is 0 Å². The predicted molar refractivity (Wildman–Crippen MR) is 113 cm³/mol. The first-order chi connectivity index (χ1) is 13.7. The smallest absolute Gasteiger partial charge is 0.170 e. The Hall–Kier alpha value is -2.66. The van der Waals surface area contributed by atoms with Crippen LogP contribution in [0.1, 0.15) is 24.0 Å². The highest BCUT2D eigenvalue weighted by molar-refractivity contribution is 6.31. The van der Waals surface area contributed by atoms with Crippen molar-refractivity contribution in [2.75, 3.05) is 26.1 Å². The van der Waals surface area contributed by atoms with E-state index >= 15 is 0 Å². The van der Waals surface area contributed by atoms with Crippen LogP contribution in [0.2, 0.25) is 5.02 Å². The Labute approximate surface area is 170 Å². The van der Waals surface area contributed by atoms with Crippen molar-refractivity contribution in [1.29, 1.82) is 0 Å². The fourth-order valence-corrected chi connectivity index (χ4v) is 3.96. The van der Waals surface area contributed by atoms with Crippen molar-refractivity contribution in [3.63, 3.8) is 0 Å². The molecule has 0 spiro atoms. The van der Waals surface area contributed by atoms with Gasteiger partial charge in [0.1, 0.15) is 11.5 Å². The van der Waals surface area contributed by atoms with Crippen molar-refractivity contribution >= 4 is 17.4 Å². The van der Waals surface area contributed by atoms with Gasteiger partial charge >= 0.3 is 0 Å². The zero-order chi connectivity index (χ0) is 19.7. The number of benzene rings is 2. The van der Waals surface area contributed by atoms with Gasteiger partial charge in [-0.2, -0.15) is 5.10 Å². The number of fused-ring (bicyclic) bond motifs is 1. The highest BCUT2D eigenvalue weighted by Gasteiger charge is 2.25. The van der Waals surface area contributed by atoms with Crippen molar-refractivity contribution in [3.8, 4) is 28.4 Å². The summed E-state index contributed by atoms with van der Waals surface area (Å²) in [5.41, 5.74) is 5.03. The summed E-state index contributed by atoms with van der Waals surface area (Å²) in [4.78, 5) is 0. The number of anilines is 1. The zero-order valence-electron chi connectivity index (χ0n) is 16.4. The monoisotopic (exact) mass is 397 g/mol. The molecule has 2 aromatic carbocycles. The van der Waals surface area contributed by atoms with Crippen LogP contribution in [-0.4, -0.2) is 30.5 Å². The molecule has 146 valence electrons. The summed E-state index contributed by atoms with van der Waals surface area (Å²) in [6.45, 7) is 2.95. The van der Waals surface area contributed by atoms with E-state index in [1.807, 2.05) is 48.0 Å². The molecule has 1 N–H and O–H groups in total. The first-order valence-electron chi connectivity index (χ1n) is 9.48. The van der Waals surface area contributed by atoms with Gasteiger partial charge in [-0.3, -0.25) is 0 Å². The van der Waals surface area contributed by atoms with Crippen LogP contribution in [0.5, 0.6) is 11.5 Å². The number of ether oxygens (including phenoxy) is 2. The highest BCUT2D eigenvalue weighted by atomic mass is 35.5. The van der Waals surface area contributed by atoms with Crippen molar-refractivity contribution < 1.29 is 9.47 Å². The van der Waals surface area contributed by atoms with Crippen LogP contribution in [0.4, 0.5) is 5.82 Å². The minimum Gasteiger partial charge on any atom is -0.493 e. The third kappa shape index (κ3) is 3.10. The number of nitrogens with zero attached hydrogens (tertiary/aromatic N) is 2. The van der Waals surface area contributed by atoms with E-state index in [0.717, 1.165) is 59.2 Å². The number of hydrogen-bond acceptors (Lipinski definition) is 4. The Morgan fingerprint density at radius 1 is 1.07 bits per heavy atom. The van der Waals surface area contributed by atoms with E-state index < -0.39 is 0 Å². The molecule has 2 heterocycles. The second-order valence-electron chi connectivity index (χ2n) is 6.90. The maximum absolute atomic E-state index is 6.39. The molecule has 0 saturated heterocycles. The molecule has 1 aromatic heterocycles. The summed E-state index contributed by atoms with van der Waals surface area (Å²) < 4.78 is 13.2. The van der Waals surface area contributed by atoms with Crippen LogP contribution in [0, 0.1) is 6.92 Å². The van der Waals surface area contributed by atoms with Crippen molar-refractivity contribution in [2.24, 2.45) is 0 Å². The zero-order valence-corrected chi connectivity index (χ0v) is 17.1. The lowest BCUT2D eigenvalue weighted by molar-refractivity contribution is 0.356. The van der Waals surface area contributed by atoms with Crippen LogP contribution < -0.4 is 14.8 Å². The summed E-state index contributed by atoms with van der Waals surface area (Å²) in [5, 5.41) is 9.33. The second-order valence-corrected chi connectivity index (χ2v) is 7.30. The molecule has 5 nitrogen and oxygen atoms in total. The minimum atomic E-state index is 0.698. The van der Waals surface area contributed by atoms with Gasteiger partial charge in [0.05, 0.1) is 19.9 Å². The summed E-state index contributed by atoms with van der Waals surface area (Å²) >= 11 is 6.39. The van der Waals surface area contributed by atoms with Gasteiger partial charge in [0.2, 0.25) is 0 Å². The number of methoxy groups -OCH3 is 2. The SMILES string of the molecule is COc1cccc(-c2nn(-c3cccc(Cl)c3C)c3c2CCCCN3)c1OC. The lowest BCUT2D eigenvalue weighted by Gasteiger charge is -2.12. The van der Waals surface area contributed by atoms with Gasteiger partial charge in [-0.05, 0) is 56.0 Å². The average molecular weight is 398 g/mol. The average Bonchev–Trinajstić information content (AvgIpc) is 2.89. The number of halogens is 1. The molecule has 0 saturated carbocycles. The Kier molecular flexibility index (Phi) is 5.18. The first kappa shape index (κ1) is 18.7. The van der Waals surface area contributed by atoms with Gasteiger partial charge in [-0.15, -0.1) is 0 Å². The van der Waals surface area contributed by atoms with Crippen LogP contribution in [0.15, 0.2) is 36.4 Å². The number of hydrogen-bond donors (Lipinski definition) is 1. The fraction of sp³-hybridized carbons (Fsp3) is 0.318. The second kappa shape index (κ2) is 7.76. The molecule has 0 aliphatic carbocycles. The van der Waals surface area contributed by atoms with Crippen LogP contribution >= 0.6 is 11.6 Å². The maximum atomic E-state index is 6.39. The quantitative estimate of drug-likeness (QED) is 0.651. The van der Waals surface area contributed by atoms with E-state index in [1.54, 1.807) is 14.2 Å². The minimum absolute atomic E-state index is 0.698. The van der Waals surface area contributed by atoms with Gasteiger partial charge in [0.15, 0.2) is 11.5 Å². The standard InChI is InChI=1S/C22H24ClN3O2/c1-14-17(23)10-7-11-18(14)26-22-16(8-4-5-13-24-22)20(25-26)15-9-6-12-19(27-2)21(15)28-3/h6-7,9-12,24H,4-5,8,13H2,1-3H3. The summed E-state index contributed by atoms with van der Waals surface area (Å²) in [7, 11) is 3.31. The van der Waals surface area contributed by atoms with Gasteiger partial charge in [0, 0.05) is 22.7 Å². The molecule has 0 fully saturated rings. The lowest BCUT2D eigenvalue weighted by atomic mass is 10.0. The van der Waals surface area contributed by atoms with Crippen molar-refractivity contribution in [1.82, 2.24) is 9.78 Å². The molecule has 0 amide bonds. The lowest BCUT2D eigenvalue weighted by Crippen LogP contribution is -2.08. The van der Waals surface area contributed by atoms with Crippen LogP contribution in [0.25, 0.3) is 16.9 Å². The van der Waals surface area contributed by atoms with E-state index in [-0.39, 0.29) is 0 Å². The number of nitrogens with one attached hydrogen (secondary N) is 1. The molecule has 0 bridgehead atoms. The van der Waals surface area contributed by atoms with E-state index in [9.17, 15) is 0 Å². The Morgan fingerprint density at radius 2 is 1.89 bits per heavy atom. The van der Waals surface area contributed by atoms with Gasteiger partial charge in [-0.25, -0.2) is 4.68 Å². The summed E-state index contributed by atoms with van der Waals surface area (Å²) in [6, 6.07) is 11.8. The van der Waals surface area contributed by atoms with E-state index in [4.69, 9.17) is 26.2 Å². The predicted octanol–water partition coefficient (Wildman–Crippen LogP) is 5.27.